The number of aromatic nitrogens is 3. The molecule has 0 radical (unpaired) electrons. The maximum atomic E-state index is 14.5. The summed E-state index contributed by atoms with van der Waals surface area (Å²) in [5, 5.41) is 12.3. The number of alkyl halides is 2. The first-order chi connectivity index (χ1) is 15.3. The van der Waals surface area contributed by atoms with E-state index in [1.54, 1.807) is 0 Å². The van der Waals surface area contributed by atoms with Crippen molar-refractivity contribution in [3.63, 3.8) is 0 Å². The number of ether oxygens (including phenoxy) is 2. The minimum atomic E-state index is -3.01. The zero-order valence-electron chi connectivity index (χ0n) is 18.2. The number of hydrogen-bond acceptors (Lipinski definition) is 6. The van der Waals surface area contributed by atoms with E-state index in [9.17, 15) is 8.78 Å². The Bertz CT molecular complexity index is 948. The van der Waals surface area contributed by atoms with Crippen molar-refractivity contribution in [2.75, 3.05) is 19.8 Å². The molecule has 0 aromatic carbocycles. The van der Waals surface area contributed by atoms with E-state index in [2.05, 4.69) is 22.6 Å². The van der Waals surface area contributed by atoms with Crippen LogP contribution in [0.1, 0.15) is 67.6 Å². The lowest BCUT2D eigenvalue weighted by molar-refractivity contribution is -0.183. The largest absolute Gasteiger partial charge is 0.381 e. The highest BCUT2D eigenvalue weighted by Crippen LogP contribution is 2.54. The molecule has 10 heteroatoms. The molecule has 1 N–H and O–H groups in total. The van der Waals surface area contributed by atoms with E-state index in [0.717, 1.165) is 50.6 Å². The fourth-order valence-electron chi connectivity index (χ4n) is 5.36. The molecule has 3 aliphatic rings. The van der Waals surface area contributed by atoms with E-state index in [-0.39, 0.29) is 17.6 Å². The number of hydrogen-bond donors (Lipinski definition) is 1. The summed E-state index contributed by atoms with van der Waals surface area (Å²) in [5.74, 6) is -2.28. The van der Waals surface area contributed by atoms with Crippen molar-refractivity contribution in [1.29, 1.82) is 0 Å². The molecule has 32 heavy (non-hydrogen) atoms. The Labute approximate surface area is 195 Å². The Kier molecular flexibility index (Phi) is 6.30. The summed E-state index contributed by atoms with van der Waals surface area (Å²) in [7, 11) is 0. The lowest BCUT2D eigenvalue weighted by Gasteiger charge is -2.47. The van der Waals surface area contributed by atoms with Crippen LogP contribution in [-0.2, 0) is 27.5 Å². The molecule has 0 aliphatic carbocycles. The van der Waals surface area contributed by atoms with Crippen LogP contribution < -0.4 is 5.32 Å². The molecule has 5 rings (SSSR count). The van der Waals surface area contributed by atoms with Crippen molar-refractivity contribution in [3.05, 3.63) is 32.7 Å². The number of fused-ring (bicyclic) bond motifs is 2. The molecule has 2 saturated heterocycles. The highest BCUT2D eigenvalue weighted by atomic mass is 35.5. The van der Waals surface area contributed by atoms with Crippen molar-refractivity contribution in [2.24, 2.45) is 5.92 Å². The van der Waals surface area contributed by atoms with Crippen LogP contribution in [0.3, 0.4) is 0 Å². The van der Waals surface area contributed by atoms with Gasteiger partial charge in [0.25, 0.3) is 5.92 Å². The van der Waals surface area contributed by atoms with Gasteiger partial charge < -0.3 is 14.8 Å². The van der Waals surface area contributed by atoms with Gasteiger partial charge in [-0.2, -0.15) is 8.78 Å². The van der Waals surface area contributed by atoms with E-state index in [1.165, 1.54) is 23.8 Å². The predicted molar refractivity (Wildman–Crippen MR) is 118 cm³/mol. The number of nitrogens with one attached hydrogen (secondary N) is 1. The van der Waals surface area contributed by atoms with Gasteiger partial charge in [-0.1, -0.05) is 16.8 Å². The van der Waals surface area contributed by atoms with Crippen molar-refractivity contribution in [1.82, 2.24) is 20.3 Å². The van der Waals surface area contributed by atoms with Crippen LogP contribution in [-0.4, -0.2) is 40.9 Å². The second-order valence-corrected chi connectivity index (χ2v) is 11.1. The Morgan fingerprint density at radius 3 is 2.94 bits per heavy atom. The summed E-state index contributed by atoms with van der Waals surface area (Å²) < 4.78 is 42.6. The van der Waals surface area contributed by atoms with Crippen LogP contribution in [0.25, 0.3) is 0 Å². The summed E-state index contributed by atoms with van der Waals surface area (Å²) in [6.07, 6.45) is 7.63. The van der Waals surface area contributed by atoms with Crippen LogP contribution >= 0.6 is 22.9 Å². The van der Waals surface area contributed by atoms with Crippen molar-refractivity contribution >= 4 is 22.9 Å². The van der Waals surface area contributed by atoms with Crippen LogP contribution in [0.4, 0.5) is 8.78 Å². The van der Waals surface area contributed by atoms with Gasteiger partial charge in [-0.3, -0.25) is 4.68 Å². The molecule has 2 aromatic rings. The molecular formula is C22H29ClF2N4O2S. The second kappa shape index (κ2) is 8.91. The highest BCUT2D eigenvalue weighted by Gasteiger charge is 2.53. The topological polar surface area (TPSA) is 61.2 Å². The van der Waals surface area contributed by atoms with E-state index in [4.69, 9.17) is 21.1 Å². The van der Waals surface area contributed by atoms with Gasteiger partial charge in [0.1, 0.15) is 12.2 Å². The summed E-state index contributed by atoms with van der Waals surface area (Å²) in [6.45, 7) is 4.00. The Morgan fingerprint density at radius 2 is 2.12 bits per heavy atom. The van der Waals surface area contributed by atoms with Gasteiger partial charge in [0.2, 0.25) is 0 Å². The third kappa shape index (κ3) is 4.46. The van der Waals surface area contributed by atoms with Gasteiger partial charge in [-0.05, 0) is 51.0 Å². The molecule has 6 nitrogen and oxygen atoms in total. The summed E-state index contributed by atoms with van der Waals surface area (Å²) in [5.41, 5.74) is 0.0623. The molecule has 1 spiro atoms. The first-order valence-corrected chi connectivity index (χ1v) is 12.6. The van der Waals surface area contributed by atoms with E-state index >= 15 is 0 Å². The summed E-state index contributed by atoms with van der Waals surface area (Å²) in [6, 6.07) is 1.36. The van der Waals surface area contributed by atoms with Crippen molar-refractivity contribution < 1.29 is 18.3 Å². The fourth-order valence-corrected chi connectivity index (χ4v) is 6.81. The molecule has 2 aromatic heterocycles. The summed E-state index contributed by atoms with van der Waals surface area (Å²) >= 11 is 7.37. The van der Waals surface area contributed by atoms with Gasteiger partial charge >= 0.3 is 0 Å². The van der Waals surface area contributed by atoms with Crippen LogP contribution in [0, 0.1) is 5.92 Å². The second-order valence-electron chi connectivity index (χ2n) is 9.41. The monoisotopic (exact) mass is 486 g/mol. The molecule has 3 atom stereocenters. The smallest absolute Gasteiger partial charge is 0.297 e. The Morgan fingerprint density at radius 1 is 1.31 bits per heavy atom. The van der Waals surface area contributed by atoms with Crippen LogP contribution in [0.5, 0.6) is 0 Å². The van der Waals surface area contributed by atoms with Gasteiger partial charge in [-0.15, -0.1) is 16.4 Å². The minimum absolute atomic E-state index is 0.0170. The molecule has 0 unspecified atom stereocenters. The highest BCUT2D eigenvalue weighted by molar-refractivity contribution is 7.16. The molecule has 0 bridgehead atoms. The molecule has 5 heterocycles. The number of nitrogens with zero attached hydrogens (tertiary/aromatic N) is 3. The number of piperidine rings is 1. The number of halogens is 3. The Balaban J connectivity index is 1.29. The molecule has 0 amide bonds. The van der Waals surface area contributed by atoms with E-state index in [0.29, 0.717) is 22.1 Å². The lowest BCUT2D eigenvalue weighted by Crippen LogP contribution is -2.51. The zero-order valence-corrected chi connectivity index (χ0v) is 19.7. The number of rotatable bonds is 5. The first-order valence-electron chi connectivity index (χ1n) is 11.4. The number of aryl methyl sites for hydroxylation is 1. The number of thiophene rings is 1. The molecular weight excluding hydrogens is 458 g/mol. The quantitative estimate of drug-likeness (QED) is 0.642. The maximum absolute atomic E-state index is 14.5. The van der Waals surface area contributed by atoms with Crippen LogP contribution in [0.15, 0.2) is 12.3 Å². The average molecular weight is 487 g/mol. The molecule has 2 fully saturated rings. The van der Waals surface area contributed by atoms with Gasteiger partial charge in [0.05, 0.1) is 22.3 Å². The van der Waals surface area contributed by atoms with Gasteiger partial charge in [0, 0.05) is 42.7 Å². The standard InChI is InChI=1S/C22H29ClF2N4O2S/c1-14-10-21(20-16(9-19(23)32-20)22(24,25)13-31-21)11-17(26-14)18-12-29(28-27-18)6-2-3-15-4-7-30-8-5-15/h9,12,14-15,17,26H,2-8,10-11,13H2,1H3/t14-,17-,21-/m0/s1. The van der Waals surface area contributed by atoms with Gasteiger partial charge in [-0.25, -0.2) is 0 Å². The Hall–Kier alpha value is -1.13. The third-order valence-electron chi connectivity index (χ3n) is 6.95. The lowest BCUT2D eigenvalue weighted by atomic mass is 9.78. The maximum Gasteiger partial charge on any atom is 0.297 e. The normalized spacial score (nSPS) is 30.5. The zero-order chi connectivity index (χ0) is 22.3. The van der Waals surface area contributed by atoms with Crippen molar-refractivity contribution in [3.8, 4) is 0 Å². The average Bonchev–Trinajstić information content (AvgIpc) is 3.40. The van der Waals surface area contributed by atoms with Crippen molar-refractivity contribution in [2.45, 2.75) is 75.6 Å². The third-order valence-corrected chi connectivity index (χ3v) is 8.40. The van der Waals surface area contributed by atoms with Gasteiger partial charge in [0.15, 0.2) is 0 Å². The van der Waals surface area contributed by atoms with E-state index in [1.807, 2.05) is 10.9 Å². The van der Waals surface area contributed by atoms with Crippen LogP contribution in [0.2, 0.25) is 4.34 Å². The predicted octanol–water partition coefficient (Wildman–Crippen LogP) is 5.03. The minimum Gasteiger partial charge on any atom is -0.381 e. The summed E-state index contributed by atoms with van der Waals surface area (Å²) in [4.78, 5) is 0.556. The molecule has 176 valence electrons. The first kappa shape index (κ1) is 22.7. The fraction of sp³-hybridized carbons (Fsp3) is 0.727. The van der Waals surface area contributed by atoms with E-state index < -0.39 is 18.1 Å². The molecule has 0 saturated carbocycles. The SMILES string of the molecule is C[C@H]1C[C@@]2(C[C@@H](c3cn(CCCC4CCOCC4)nn3)N1)OCC(F)(F)c1cc(Cl)sc12. The molecule has 3 aliphatic heterocycles.